The van der Waals surface area contributed by atoms with Crippen molar-refractivity contribution in [3.8, 4) is 0 Å². The van der Waals surface area contributed by atoms with E-state index in [2.05, 4.69) is 34.3 Å². The van der Waals surface area contributed by atoms with Crippen LogP contribution in [-0.2, 0) is 19.1 Å². The van der Waals surface area contributed by atoms with Crippen LogP contribution in [0.5, 0.6) is 0 Å². The van der Waals surface area contributed by atoms with Gasteiger partial charge in [0.25, 0.3) is 0 Å². The number of hydrazine groups is 1. The molecular formula is C32H49N5O5. The second kappa shape index (κ2) is 17.0. The summed E-state index contributed by atoms with van der Waals surface area (Å²) < 4.78 is 11.9. The molecule has 0 aromatic heterocycles. The maximum Gasteiger partial charge on any atom is 0.329 e. The van der Waals surface area contributed by atoms with E-state index in [0.29, 0.717) is 19.8 Å². The van der Waals surface area contributed by atoms with Crippen LogP contribution < -0.4 is 16.1 Å². The largest absolute Gasteiger partial charge is 0.353 e. The number of amides is 4. The number of fused-ring (bicyclic) bond motifs is 1. The standard InChI is InChI=1S/C32H49N5O5/c1-6-33-32(40)35-36(5)22-29(39)37(25-17-10-9-11-18-25)21-28(38)34-30(23(4)31(41-7-2)42-8-3)27-20-14-16-24-15-12-13-19-26(24)27/h12-16,19-20,23,25,30-31H,6-11,17-18,21-22H2,1-5H3,(H,34,38)(H2,33,35,40)/t23-,30-/m0/s1. The van der Waals surface area contributed by atoms with Gasteiger partial charge in [-0.15, -0.1) is 0 Å². The summed E-state index contributed by atoms with van der Waals surface area (Å²) >= 11 is 0. The molecule has 0 saturated heterocycles. The third-order valence-corrected chi connectivity index (χ3v) is 7.74. The van der Waals surface area contributed by atoms with E-state index in [9.17, 15) is 14.4 Å². The number of rotatable bonds is 15. The summed E-state index contributed by atoms with van der Waals surface area (Å²) in [5.74, 6) is -0.664. The van der Waals surface area contributed by atoms with Gasteiger partial charge in [0.15, 0.2) is 6.29 Å². The summed E-state index contributed by atoms with van der Waals surface area (Å²) in [5.41, 5.74) is 3.62. The minimum Gasteiger partial charge on any atom is -0.353 e. The van der Waals surface area contributed by atoms with E-state index in [4.69, 9.17) is 9.47 Å². The van der Waals surface area contributed by atoms with E-state index in [1.54, 1.807) is 11.9 Å². The van der Waals surface area contributed by atoms with Crippen LogP contribution in [0.1, 0.15) is 71.4 Å². The SMILES string of the molecule is CCNC(=O)NN(C)CC(=O)N(CC(=O)N[C@H](c1cccc2ccccc12)[C@H](C)C(OCC)OCC)C1CCCCC1. The topological polar surface area (TPSA) is 112 Å². The second-order valence-corrected chi connectivity index (χ2v) is 10.9. The molecule has 42 heavy (non-hydrogen) atoms. The molecule has 0 spiro atoms. The maximum atomic E-state index is 13.8. The van der Waals surface area contributed by atoms with Crippen LogP contribution in [-0.4, -0.2) is 80.0 Å². The van der Waals surface area contributed by atoms with E-state index in [1.165, 1.54) is 5.01 Å². The van der Waals surface area contributed by atoms with Gasteiger partial charge in [-0.3, -0.25) is 15.0 Å². The van der Waals surface area contributed by atoms with E-state index >= 15 is 0 Å². The normalized spacial score (nSPS) is 15.4. The Kier molecular flexibility index (Phi) is 13.5. The van der Waals surface area contributed by atoms with Crippen molar-refractivity contribution in [1.29, 1.82) is 0 Å². The summed E-state index contributed by atoms with van der Waals surface area (Å²) in [6.45, 7) is 9.03. The molecule has 3 rings (SSSR count). The molecule has 10 nitrogen and oxygen atoms in total. The predicted molar refractivity (Wildman–Crippen MR) is 164 cm³/mol. The molecule has 0 heterocycles. The number of carbonyl (C=O) groups excluding carboxylic acids is 3. The Morgan fingerprint density at radius 2 is 1.60 bits per heavy atom. The molecule has 10 heteroatoms. The summed E-state index contributed by atoms with van der Waals surface area (Å²) in [6.07, 6.45) is 4.35. The van der Waals surface area contributed by atoms with Crippen LogP contribution in [0.25, 0.3) is 10.8 Å². The molecule has 2 atom stereocenters. The first-order valence-electron chi connectivity index (χ1n) is 15.3. The number of likely N-dealkylation sites (N-methyl/N-ethyl adjacent to an activating group) is 1. The lowest BCUT2D eigenvalue weighted by Crippen LogP contribution is -2.54. The third-order valence-electron chi connectivity index (χ3n) is 7.74. The van der Waals surface area contributed by atoms with Gasteiger partial charge in [0.05, 0.1) is 19.1 Å². The molecule has 232 valence electrons. The van der Waals surface area contributed by atoms with Crippen molar-refractivity contribution in [2.45, 2.75) is 78.2 Å². The highest BCUT2D eigenvalue weighted by atomic mass is 16.7. The molecule has 1 aliphatic carbocycles. The smallest absolute Gasteiger partial charge is 0.329 e. The lowest BCUT2D eigenvalue weighted by molar-refractivity contribution is -0.170. The first-order valence-corrected chi connectivity index (χ1v) is 15.3. The number of ether oxygens (including phenoxy) is 2. The third kappa shape index (κ3) is 9.40. The van der Waals surface area contributed by atoms with Gasteiger partial charge in [-0.05, 0) is 49.9 Å². The molecule has 1 saturated carbocycles. The summed E-state index contributed by atoms with van der Waals surface area (Å²) in [7, 11) is 1.64. The summed E-state index contributed by atoms with van der Waals surface area (Å²) in [5, 5.41) is 9.50. The van der Waals surface area contributed by atoms with Gasteiger partial charge in [0.1, 0.15) is 0 Å². The predicted octanol–water partition coefficient (Wildman–Crippen LogP) is 4.36. The van der Waals surface area contributed by atoms with Crippen LogP contribution in [0.3, 0.4) is 0 Å². The molecule has 0 aliphatic heterocycles. The number of nitrogens with zero attached hydrogens (tertiary/aromatic N) is 2. The Hall–Kier alpha value is -3.21. The minimum atomic E-state index is -0.519. The van der Waals surface area contributed by atoms with Crippen LogP contribution in [0.4, 0.5) is 4.79 Å². The van der Waals surface area contributed by atoms with Crippen LogP contribution >= 0.6 is 0 Å². The average molecular weight is 584 g/mol. The van der Waals surface area contributed by atoms with Crippen molar-refractivity contribution >= 4 is 28.6 Å². The highest BCUT2D eigenvalue weighted by molar-refractivity contribution is 5.89. The number of hydrogen-bond acceptors (Lipinski definition) is 6. The molecule has 1 fully saturated rings. The van der Waals surface area contributed by atoms with E-state index < -0.39 is 12.3 Å². The fraction of sp³-hybridized carbons (Fsp3) is 0.594. The zero-order chi connectivity index (χ0) is 30.5. The first-order chi connectivity index (χ1) is 20.3. The van der Waals surface area contributed by atoms with Crippen molar-refractivity contribution < 1.29 is 23.9 Å². The van der Waals surface area contributed by atoms with E-state index in [-0.39, 0.29) is 42.9 Å². The molecule has 0 unspecified atom stereocenters. The molecule has 4 amide bonds. The van der Waals surface area contributed by atoms with E-state index in [0.717, 1.165) is 48.4 Å². The lowest BCUT2D eigenvalue weighted by Gasteiger charge is -2.36. The Morgan fingerprint density at radius 3 is 2.26 bits per heavy atom. The fourth-order valence-electron chi connectivity index (χ4n) is 5.75. The number of hydrogen-bond donors (Lipinski definition) is 3. The number of benzene rings is 2. The lowest BCUT2D eigenvalue weighted by atomic mass is 9.89. The van der Waals surface area contributed by atoms with Gasteiger partial charge < -0.3 is 25.0 Å². The fourth-order valence-corrected chi connectivity index (χ4v) is 5.75. The maximum absolute atomic E-state index is 13.8. The van der Waals surface area contributed by atoms with Crippen LogP contribution in [0, 0.1) is 5.92 Å². The van der Waals surface area contributed by atoms with Crippen molar-refractivity contribution in [2.24, 2.45) is 5.92 Å². The van der Waals surface area contributed by atoms with Gasteiger partial charge >= 0.3 is 6.03 Å². The van der Waals surface area contributed by atoms with Gasteiger partial charge in [0, 0.05) is 38.8 Å². The molecule has 3 N–H and O–H groups in total. The molecule has 0 radical (unpaired) electrons. The molecule has 0 bridgehead atoms. The Morgan fingerprint density at radius 1 is 0.929 bits per heavy atom. The summed E-state index contributed by atoms with van der Waals surface area (Å²) in [6, 6.07) is 13.4. The molecule has 2 aromatic rings. The average Bonchev–Trinajstić information content (AvgIpc) is 2.98. The number of nitrogens with one attached hydrogen (secondary N) is 3. The zero-order valence-electron chi connectivity index (χ0n) is 25.9. The Balaban J connectivity index is 1.86. The van der Waals surface area contributed by atoms with Crippen LogP contribution in [0.2, 0.25) is 0 Å². The summed E-state index contributed by atoms with van der Waals surface area (Å²) in [4.78, 5) is 41.1. The van der Waals surface area contributed by atoms with Crippen molar-refractivity contribution in [3.63, 3.8) is 0 Å². The van der Waals surface area contributed by atoms with Gasteiger partial charge in [-0.25, -0.2) is 9.80 Å². The van der Waals surface area contributed by atoms with Gasteiger partial charge in [-0.2, -0.15) is 0 Å². The second-order valence-electron chi connectivity index (χ2n) is 10.9. The van der Waals surface area contributed by atoms with E-state index in [1.807, 2.05) is 52.0 Å². The highest BCUT2D eigenvalue weighted by Crippen LogP contribution is 2.32. The first kappa shape index (κ1) is 33.3. The molecular weight excluding hydrogens is 534 g/mol. The molecule has 2 aromatic carbocycles. The zero-order valence-corrected chi connectivity index (χ0v) is 25.9. The van der Waals surface area contributed by atoms with Crippen molar-refractivity contribution in [2.75, 3.05) is 39.9 Å². The Bertz CT molecular complexity index is 1140. The van der Waals surface area contributed by atoms with Crippen molar-refractivity contribution in [3.05, 3.63) is 48.0 Å². The monoisotopic (exact) mass is 583 g/mol. The minimum absolute atomic E-state index is 0.0251. The van der Waals surface area contributed by atoms with Crippen LogP contribution in [0.15, 0.2) is 42.5 Å². The van der Waals surface area contributed by atoms with Gasteiger partial charge in [-0.1, -0.05) is 68.7 Å². The van der Waals surface area contributed by atoms with Crippen molar-refractivity contribution in [1.82, 2.24) is 26.0 Å². The van der Waals surface area contributed by atoms with Gasteiger partial charge in [0.2, 0.25) is 11.8 Å². The number of carbonyl (C=O) groups is 3. The number of urea groups is 1. The molecule has 1 aliphatic rings. The quantitative estimate of drug-likeness (QED) is 0.212. The Labute approximate surface area is 250 Å². The highest BCUT2D eigenvalue weighted by Gasteiger charge is 2.33.